The van der Waals surface area contributed by atoms with Crippen molar-refractivity contribution in [2.75, 3.05) is 36.8 Å². The summed E-state index contributed by atoms with van der Waals surface area (Å²) in [7, 11) is 0. The topological polar surface area (TPSA) is 120 Å². The highest BCUT2D eigenvalue weighted by Gasteiger charge is 2.47. The van der Waals surface area contributed by atoms with E-state index in [1.807, 2.05) is 20.8 Å². The number of nitrogens with two attached hydrogens (primary N) is 1. The van der Waals surface area contributed by atoms with Crippen molar-refractivity contribution in [3.8, 4) is 22.9 Å². The van der Waals surface area contributed by atoms with Gasteiger partial charge in [-0.05, 0) is 64.3 Å². The molecule has 1 spiro atoms. The summed E-state index contributed by atoms with van der Waals surface area (Å²) in [6.45, 7) is 10.3. The molecule has 4 heterocycles. The summed E-state index contributed by atoms with van der Waals surface area (Å²) in [5.74, 6) is 0.367. The molecule has 11 heteroatoms. The van der Waals surface area contributed by atoms with Crippen LogP contribution in [0, 0.1) is 18.2 Å². The van der Waals surface area contributed by atoms with Crippen LogP contribution in [0.5, 0.6) is 11.8 Å². The molecule has 2 saturated heterocycles. The predicted octanol–water partition coefficient (Wildman–Crippen LogP) is 4.59. The molecule has 200 valence electrons. The largest absolute Gasteiger partial charge is 0.444 e. The Labute approximate surface area is 221 Å². The summed E-state index contributed by atoms with van der Waals surface area (Å²) in [4.78, 5) is 33.2. The third kappa shape index (κ3) is 5.32. The zero-order chi connectivity index (χ0) is 27.1. The zero-order valence-corrected chi connectivity index (χ0v) is 22.1. The fraction of sp³-hybridized carbons (Fsp3) is 0.444. The van der Waals surface area contributed by atoms with E-state index in [4.69, 9.17) is 15.2 Å². The number of aromatic nitrogens is 4. The first-order chi connectivity index (χ1) is 18.0. The molecule has 5 rings (SSSR count). The van der Waals surface area contributed by atoms with E-state index < -0.39 is 11.4 Å². The summed E-state index contributed by atoms with van der Waals surface area (Å²) in [6, 6.07) is 6.41. The van der Waals surface area contributed by atoms with Gasteiger partial charge in [0.05, 0.1) is 5.56 Å². The van der Waals surface area contributed by atoms with Crippen LogP contribution >= 0.6 is 0 Å². The second-order valence-corrected chi connectivity index (χ2v) is 11.0. The number of halogens is 1. The van der Waals surface area contributed by atoms with Crippen LogP contribution in [-0.2, 0) is 4.74 Å². The molecule has 3 aromatic rings. The van der Waals surface area contributed by atoms with E-state index in [0.29, 0.717) is 35.7 Å². The number of nitrogens with zero attached hydrogens (tertiary/aromatic N) is 6. The lowest BCUT2D eigenvalue weighted by atomic mass is 9.72. The van der Waals surface area contributed by atoms with Crippen molar-refractivity contribution in [2.45, 2.75) is 46.1 Å². The molecule has 2 aliphatic heterocycles. The fourth-order valence-corrected chi connectivity index (χ4v) is 4.94. The molecule has 2 N–H and O–H groups in total. The number of carbonyl (C=O) groups is 1. The highest BCUT2D eigenvalue weighted by Crippen LogP contribution is 2.45. The Morgan fingerprint density at radius 3 is 2.50 bits per heavy atom. The molecule has 2 aliphatic rings. The van der Waals surface area contributed by atoms with E-state index in [1.54, 1.807) is 30.2 Å². The Bertz CT molecular complexity index is 1340. The molecule has 2 fully saturated rings. The van der Waals surface area contributed by atoms with Crippen LogP contribution in [0.25, 0.3) is 11.1 Å². The summed E-state index contributed by atoms with van der Waals surface area (Å²) >= 11 is 0. The highest BCUT2D eigenvalue weighted by atomic mass is 19.1. The minimum absolute atomic E-state index is 0.0102. The van der Waals surface area contributed by atoms with Crippen molar-refractivity contribution in [3.05, 3.63) is 48.3 Å². The minimum Gasteiger partial charge on any atom is -0.444 e. The molecule has 1 amide bonds. The molecule has 0 radical (unpaired) electrons. The summed E-state index contributed by atoms with van der Waals surface area (Å²) in [6.07, 6.45) is 4.46. The number of anilines is 2. The SMILES string of the molecule is Cc1ccnc(Oc2ccc(-c3c(N)ncnc3N3CC4(CCN(C(=O)OC(C)(C)C)CC4)C3)cc2F)n1. The Morgan fingerprint density at radius 2 is 1.84 bits per heavy atom. The first kappa shape index (κ1) is 25.6. The molecule has 0 atom stereocenters. The van der Waals surface area contributed by atoms with Gasteiger partial charge in [-0.3, -0.25) is 0 Å². The molecule has 1 aromatic carbocycles. The number of carbonyl (C=O) groups excluding carboxylic acids is 1. The molecule has 0 unspecified atom stereocenters. The number of hydrogen-bond acceptors (Lipinski definition) is 9. The predicted molar refractivity (Wildman–Crippen MR) is 140 cm³/mol. The number of nitrogen functional groups attached to an aromatic ring is 1. The lowest BCUT2D eigenvalue weighted by Gasteiger charge is -2.54. The van der Waals surface area contributed by atoms with Gasteiger partial charge in [-0.1, -0.05) is 6.07 Å². The van der Waals surface area contributed by atoms with E-state index >= 15 is 4.39 Å². The van der Waals surface area contributed by atoms with Crippen molar-refractivity contribution in [1.29, 1.82) is 0 Å². The number of aryl methyl sites for hydroxylation is 1. The number of likely N-dealkylation sites (tertiary alicyclic amines) is 1. The number of piperidine rings is 1. The van der Waals surface area contributed by atoms with Gasteiger partial charge in [0.25, 0.3) is 0 Å². The van der Waals surface area contributed by atoms with Crippen LogP contribution in [0.1, 0.15) is 39.3 Å². The van der Waals surface area contributed by atoms with Crippen LogP contribution in [0.3, 0.4) is 0 Å². The first-order valence-corrected chi connectivity index (χ1v) is 12.6. The monoisotopic (exact) mass is 521 g/mol. The maximum Gasteiger partial charge on any atom is 0.410 e. The quantitative estimate of drug-likeness (QED) is 0.525. The minimum atomic E-state index is -0.573. The normalized spacial score (nSPS) is 16.8. The molecule has 0 saturated carbocycles. The summed E-state index contributed by atoms with van der Waals surface area (Å²) in [5.41, 5.74) is 7.68. The number of hydrogen-bond donors (Lipinski definition) is 1. The Kier molecular flexibility index (Phi) is 6.54. The fourth-order valence-electron chi connectivity index (χ4n) is 4.94. The second kappa shape index (κ2) is 9.70. The van der Waals surface area contributed by atoms with Gasteiger partial charge in [-0.25, -0.2) is 29.1 Å². The first-order valence-electron chi connectivity index (χ1n) is 12.6. The van der Waals surface area contributed by atoms with Gasteiger partial charge >= 0.3 is 12.1 Å². The van der Waals surface area contributed by atoms with Gasteiger partial charge in [-0.15, -0.1) is 0 Å². The molecule has 38 heavy (non-hydrogen) atoms. The molecular weight excluding hydrogens is 489 g/mol. The summed E-state index contributed by atoms with van der Waals surface area (Å²) in [5, 5.41) is 0. The maximum absolute atomic E-state index is 15.1. The van der Waals surface area contributed by atoms with E-state index in [2.05, 4.69) is 24.8 Å². The van der Waals surface area contributed by atoms with E-state index in [1.165, 1.54) is 18.5 Å². The van der Waals surface area contributed by atoms with Crippen LogP contribution in [0.4, 0.5) is 20.8 Å². The van der Waals surface area contributed by atoms with E-state index in [9.17, 15) is 4.79 Å². The van der Waals surface area contributed by atoms with Crippen molar-refractivity contribution in [3.63, 3.8) is 0 Å². The lowest BCUT2D eigenvalue weighted by molar-refractivity contribution is 0.00590. The van der Waals surface area contributed by atoms with Gasteiger partial charge in [0.1, 0.15) is 23.6 Å². The maximum atomic E-state index is 15.1. The van der Waals surface area contributed by atoms with Gasteiger partial charge in [0.2, 0.25) is 0 Å². The Balaban J connectivity index is 1.29. The zero-order valence-electron chi connectivity index (χ0n) is 22.1. The molecule has 0 aliphatic carbocycles. The molecule has 2 aromatic heterocycles. The molecule has 0 bridgehead atoms. The number of rotatable bonds is 4. The number of benzene rings is 1. The third-order valence-electron chi connectivity index (χ3n) is 6.88. The van der Waals surface area contributed by atoms with Crippen LogP contribution in [0.2, 0.25) is 0 Å². The Hall–Kier alpha value is -4.02. The standard InChI is InChI=1S/C27H32FN7O3/c1-17-7-10-30-24(33-17)37-20-6-5-18(13-19(20)28)21-22(29)31-16-32-23(21)35-14-27(15-35)8-11-34(12-9-27)25(36)38-26(2,3)4/h5-7,10,13,16H,8-9,11-12,14-15H2,1-4H3,(H2,29,31,32). The van der Waals surface area contributed by atoms with Crippen molar-refractivity contribution in [1.82, 2.24) is 24.8 Å². The molecular formula is C27H32FN7O3. The average molecular weight is 522 g/mol. The van der Waals surface area contributed by atoms with E-state index in [0.717, 1.165) is 25.9 Å². The van der Waals surface area contributed by atoms with Crippen molar-refractivity contribution >= 4 is 17.7 Å². The van der Waals surface area contributed by atoms with Gasteiger partial charge in [0.15, 0.2) is 11.6 Å². The third-order valence-corrected chi connectivity index (χ3v) is 6.88. The van der Waals surface area contributed by atoms with Crippen LogP contribution < -0.4 is 15.4 Å². The average Bonchev–Trinajstić information content (AvgIpc) is 2.83. The van der Waals surface area contributed by atoms with Crippen LogP contribution in [-0.4, -0.2) is 62.7 Å². The summed E-state index contributed by atoms with van der Waals surface area (Å²) < 4.78 is 26.1. The smallest absolute Gasteiger partial charge is 0.410 e. The Morgan fingerprint density at radius 1 is 1.11 bits per heavy atom. The lowest BCUT2D eigenvalue weighted by Crippen LogP contribution is -2.61. The highest BCUT2D eigenvalue weighted by molar-refractivity contribution is 5.84. The number of amides is 1. The van der Waals surface area contributed by atoms with Gasteiger partial charge in [0, 0.05) is 43.5 Å². The molecule has 10 nitrogen and oxygen atoms in total. The second-order valence-electron chi connectivity index (χ2n) is 11.0. The van der Waals surface area contributed by atoms with Gasteiger partial charge < -0.3 is 25.0 Å². The van der Waals surface area contributed by atoms with Gasteiger partial charge in [-0.2, -0.15) is 0 Å². The van der Waals surface area contributed by atoms with Crippen LogP contribution in [0.15, 0.2) is 36.8 Å². The van der Waals surface area contributed by atoms with E-state index in [-0.39, 0.29) is 29.1 Å². The number of ether oxygens (including phenoxy) is 2. The van der Waals surface area contributed by atoms with Crippen molar-refractivity contribution in [2.24, 2.45) is 5.41 Å². The van der Waals surface area contributed by atoms with Crippen molar-refractivity contribution < 1.29 is 18.7 Å².